The van der Waals surface area contributed by atoms with Gasteiger partial charge in [-0.2, -0.15) is 4.98 Å². The van der Waals surface area contributed by atoms with Crippen molar-refractivity contribution in [3.8, 4) is 5.75 Å². The maximum atomic E-state index is 14.6. The van der Waals surface area contributed by atoms with Crippen LogP contribution in [0.25, 0.3) is 0 Å². The maximum absolute atomic E-state index is 14.6. The molecule has 0 spiro atoms. The van der Waals surface area contributed by atoms with Gasteiger partial charge in [0.2, 0.25) is 11.9 Å². The minimum atomic E-state index is -0.420. The van der Waals surface area contributed by atoms with E-state index >= 15 is 0 Å². The Morgan fingerprint density at radius 1 is 1.27 bits per heavy atom. The minimum absolute atomic E-state index is 0.0605. The lowest BCUT2D eigenvalue weighted by Crippen LogP contribution is -2.38. The molecule has 0 radical (unpaired) electrons. The fourth-order valence-electron chi connectivity index (χ4n) is 4.41. The number of benzene rings is 1. The van der Waals surface area contributed by atoms with Gasteiger partial charge in [0.15, 0.2) is 11.6 Å². The molecular weight excluding hydrogens is 425 g/mol. The summed E-state index contributed by atoms with van der Waals surface area (Å²) in [5.41, 5.74) is 1.01. The van der Waals surface area contributed by atoms with Crippen LogP contribution in [0, 0.1) is 5.82 Å². The van der Waals surface area contributed by atoms with Crippen LogP contribution in [0.1, 0.15) is 44.7 Å². The molecule has 178 valence electrons. The maximum Gasteiger partial charge on any atom is 0.227 e. The predicted octanol–water partition coefficient (Wildman–Crippen LogP) is 3.09. The van der Waals surface area contributed by atoms with E-state index in [0.29, 0.717) is 30.9 Å². The van der Waals surface area contributed by atoms with Gasteiger partial charge in [-0.3, -0.25) is 4.79 Å². The fraction of sp³-hybridized carbons (Fsp3) is 0.542. The number of hydrogen-bond donors (Lipinski definition) is 1. The monoisotopic (exact) mass is 457 g/mol. The van der Waals surface area contributed by atoms with E-state index in [-0.39, 0.29) is 18.1 Å². The van der Waals surface area contributed by atoms with Gasteiger partial charge in [0.25, 0.3) is 0 Å². The average molecular weight is 458 g/mol. The molecule has 3 heterocycles. The lowest BCUT2D eigenvalue weighted by molar-refractivity contribution is -0.119. The Bertz CT molecular complexity index is 952. The van der Waals surface area contributed by atoms with Crippen molar-refractivity contribution in [1.82, 2.24) is 15.3 Å². The van der Waals surface area contributed by atoms with Crippen molar-refractivity contribution in [2.45, 2.75) is 51.3 Å². The number of hydrogen-bond acceptors (Lipinski definition) is 7. The number of halogens is 1. The molecule has 33 heavy (non-hydrogen) atoms. The zero-order chi connectivity index (χ0) is 23.4. The molecule has 0 saturated carbocycles. The molecule has 2 saturated heterocycles. The second-order valence-electron chi connectivity index (χ2n) is 8.76. The number of nitrogens with one attached hydrogen (secondary N) is 1. The molecule has 1 aromatic heterocycles. The van der Waals surface area contributed by atoms with Crippen molar-refractivity contribution in [1.29, 1.82) is 0 Å². The summed E-state index contributed by atoms with van der Waals surface area (Å²) in [7, 11) is 1.96. The standard InChI is InChI=1S/C24H32FN5O3/c1-16(27-17(2)31)18-4-6-20(7-5-18)33-21-8-11-30(15-21)23-22(25)14-26-24(28-23)29(3)19-9-12-32-13-10-19/h4-7,14,16,19,21H,8-13,15H2,1-3H3,(H,27,31)/t16-,21+/m0/s1. The number of nitrogens with zero attached hydrogens (tertiary/aromatic N) is 4. The van der Waals surface area contributed by atoms with E-state index in [1.165, 1.54) is 13.1 Å². The Kier molecular flexibility index (Phi) is 7.27. The number of aromatic nitrogens is 2. The van der Waals surface area contributed by atoms with E-state index in [9.17, 15) is 9.18 Å². The van der Waals surface area contributed by atoms with E-state index in [4.69, 9.17) is 9.47 Å². The summed E-state index contributed by atoms with van der Waals surface area (Å²) in [6.07, 6.45) is 3.80. The summed E-state index contributed by atoms with van der Waals surface area (Å²) < 4.78 is 26.2. The molecule has 9 heteroatoms. The lowest BCUT2D eigenvalue weighted by atomic mass is 10.1. The highest BCUT2D eigenvalue weighted by Gasteiger charge is 2.29. The number of carbonyl (C=O) groups is 1. The highest BCUT2D eigenvalue weighted by atomic mass is 19.1. The summed E-state index contributed by atoms with van der Waals surface area (Å²) in [5.74, 6) is 1.13. The third kappa shape index (κ3) is 5.71. The quantitative estimate of drug-likeness (QED) is 0.684. The Hall–Kier alpha value is -2.94. The molecule has 2 atom stereocenters. The first-order chi connectivity index (χ1) is 15.9. The Balaban J connectivity index is 1.38. The normalized spacial score (nSPS) is 19.9. The number of rotatable bonds is 7. The number of anilines is 2. The SMILES string of the molecule is CC(=O)N[C@@H](C)c1ccc(O[C@@H]2CCN(c3nc(N(C)C4CCOCC4)ncc3F)C2)cc1. The zero-order valence-electron chi connectivity index (χ0n) is 19.5. The summed E-state index contributed by atoms with van der Waals surface area (Å²) in [4.78, 5) is 24.0. The zero-order valence-corrected chi connectivity index (χ0v) is 19.5. The van der Waals surface area contributed by atoms with Gasteiger partial charge in [0.1, 0.15) is 11.9 Å². The first-order valence-electron chi connectivity index (χ1n) is 11.5. The van der Waals surface area contributed by atoms with Gasteiger partial charge in [-0.05, 0) is 37.5 Å². The van der Waals surface area contributed by atoms with Crippen LogP contribution in [-0.2, 0) is 9.53 Å². The van der Waals surface area contributed by atoms with Gasteiger partial charge < -0.3 is 24.6 Å². The molecule has 2 fully saturated rings. The van der Waals surface area contributed by atoms with E-state index in [1.807, 2.05) is 48.0 Å². The molecule has 2 aromatic rings. The molecule has 0 aliphatic carbocycles. The predicted molar refractivity (Wildman–Crippen MR) is 124 cm³/mol. The van der Waals surface area contributed by atoms with Gasteiger partial charge in [0, 0.05) is 46.2 Å². The van der Waals surface area contributed by atoms with Crippen molar-refractivity contribution in [2.24, 2.45) is 0 Å². The third-order valence-electron chi connectivity index (χ3n) is 6.31. The van der Waals surface area contributed by atoms with Crippen molar-refractivity contribution in [2.75, 3.05) is 43.2 Å². The minimum Gasteiger partial charge on any atom is -0.489 e. The molecule has 1 N–H and O–H groups in total. The Labute approximate surface area is 194 Å². The highest BCUT2D eigenvalue weighted by molar-refractivity contribution is 5.73. The largest absolute Gasteiger partial charge is 0.489 e. The molecule has 0 bridgehead atoms. The van der Waals surface area contributed by atoms with Crippen LogP contribution in [0.4, 0.5) is 16.2 Å². The molecule has 1 amide bonds. The number of carbonyl (C=O) groups excluding carboxylic acids is 1. The lowest BCUT2D eigenvalue weighted by Gasteiger charge is -2.31. The second-order valence-corrected chi connectivity index (χ2v) is 8.76. The average Bonchev–Trinajstić information content (AvgIpc) is 3.27. The van der Waals surface area contributed by atoms with Gasteiger partial charge in [-0.15, -0.1) is 0 Å². The molecule has 1 aromatic carbocycles. The fourth-order valence-corrected chi connectivity index (χ4v) is 4.41. The first kappa shape index (κ1) is 23.2. The van der Waals surface area contributed by atoms with Gasteiger partial charge >= 0.3 is 0 Å². The highest BCUT2D eigenvalue weighted by Crippen LogP contribution is 2.27. The second kappa shape index (κ2) is 10.3. The van der Waals surface area contributed by atoms with Gasteiger partial charge in [-0.25, -0.2) is 9.37 Å². The molecule has 4 rings (SSSR count). The molecule has 2 aliphatic rings. The van der Waals surface area contributed by atoms with E-state index < -0.39 is 5.82 Å². The summed E-state index contributed by atoms with van der Waals surface area (Å²) in [6, 6.07) is 7.94. The summed E-state index contributed by atoms with van der Waals surface area (Å²) >= 11 is 0. The van der Waals surface area contributed by atoms with Gasteiger partial charge in [-0.1, -0.05) is 12.1 Å². The van der Waals surface area contributed by atoms with Crippen LogP contribution in [0.2, 0.25) is 0 Å². The van der Waals surface area contributed by atoms with E-state index in [1.54, 1.807) is 0 Å². The van der Waals surface area contributed by atoms with Crippen LogP contribution < -0.4 is 19.9 Å². The van der Waals surface area contributed by atoms with Crippen molar-refractivity contribution >= 4 is 17.7 Å². The smallest absolute Gasteiger partial charge is 0.227 e. The molecule has 8 nitrogen and oxygen atoms in total. The van der Waals surface area contributed by atoms with Crippen LogP contribution >= 0.6 is 0 Å². The van der Waals surface area contributed by atoms with Crippen LogP contribution in [0.15, 0.2) is 30.5 Å². The van der Waals surface area contributed by atoms with Crippen LogP contribution in [-0.4, -0.2) is 61.4 Å². The topological polar surface area (TPSA) is 79.8 Å². The number of ether oxygens (including phenoxy) is 2. The van der Waals surface area contributed by atoms with E-state index in [2.05, 4.69) is 15.3 Å². The summed E-state index contributed by atoms with van der Waals surface area (Å²) in [5, 5.41) is 2.87. The summed E-state index contributed by atoms with van der Waals surface area (Å²) in [6.45, 7) is 6.11. The van der Waals surface area contributed by atoms with Crippen molar-refractivity contribution < 1.29 is 18.7 Å². The molecule has 0 unspecified atom stereocenters. The number of amides is 1. The Morgan fingerprint density at radius 2 is 2.00 bits per heavy atom. The molecule has 2 aliphatic heterocycles. The first-order valence-corrected chi connectivity index (χ1v) is 11.5. The van der Waals surface area contributed by atoms with E-state index in [0.717, 1.165) is 43.8 Å². The van der Waals surface area contributed by atoms with Crippen molar-refractivity contribution in [3.05, 3.63) is 41.8 Å². The van der Waals surface area contributed by atoms with Crippen molar-refractivity contribution in [3.63, 3.8) is 0 Å². The Morgan fingerprint density at radius 3 is 2.70 bits per heavy atom. The van der Waals surface area contributed by atoms with Crippen LogP contribution in [0.5, 0.6) is 5.75 Å². The van der Waals surface area contributed by atoms with Crippen LogP contribution in [0.3, 0.4) is 0 Å². The van der Waals surface area contributed by atoms with Gasteiger partial charge in [0.05, 0.1) is 18.8 Å². The molecular formula is C24H32FN5O3. The third-order valence-corrected chi connectivity index (χ3v) is 6.31.